The molecule has 3 rings (SSSR count). The molecule has 0 amide bonds. The Labute approximate surface area is 97.1 Å². The van der Waals surface area contributed by atoms with Crippen LogP contribution in [0.1, 0.15) is 5.56 Å². The molecule has 0 atom stereocenters. The Morgan fingerprint density at radius 1 is 1.00 bits per heavy atom. The SMILES string of the molecule is Cc1ccc(-c2nnc(-c3cnco3)o2)cc1. The van der Waals surface area contributed by atoms with E-state index in [9.17, 15) is 0 Å². The number of hydrogen-bond acceptors (Lipinski definition) is 5. The molecule has 1 aromatic carbocycles. The third-order valence-electron chi connectivity index (χ3n) is 2.37. The van der Waals surface area contributed by atoms with Gasteiger partial charge in [0.2, 0.25) is 11.7 Å². The number of hydrogen-bond donors (Lipinski definition) is 0. The fourth-order valence-electron chi connectivity index (χ4n) is 1.46. The molecule has 3 aromatic rings. The van der Waals surface area contributed by atoms with Gasteiger partial charge in [0.1, 0.15) is 0 Å². The summed E-state index contributed by atoms with van der Waals surface area (Å²) in [6.07, 6.45) is 2.86. The third kappa shape index (κ3) is 1.82. The Balaban J connectivity index is 1.98. The molecule has 0 saturated carbocycles. The molecular weight excluding hydrogens is 218 g/mol. The number of nitrogens with zero attached hydrogens (tertiary/aromatic N) is 3. The van der Waals surface area contributed by atoms with E-state index in [1.807, 2.05) is 31.2 Å². The maximum Gasteiger partial charge on any atom is 0.285 e. The molecule has 0 aliphatic carbocycles. The molecule has 2 heterocycles. The third-order valence-corrected chi connectivity index (χ3v) is 2.37. The van der Waals surface area contributed by atoms with Crippen LogP contribution in [0.3, 0.4) is 0 Å². The Hall–Kier alpha value is -2.43. The lowest BCUT2D eigenvalue weighted by molar-refractivity contribution is 0.519. The average molecular weight is 227 g/mol. The van der Waals surface area contributed by atoms with Gasteiger partial charge in [0, 0.05) is 5.56 Å². The average Bonchev–Trinajstić information content (AvgIpc) is 3.00. The van der Waals surface area contributed by atoms with E-state index < -0.39 is 0 Å². The normalized spacial score (nSPS) is 10.6. The zero-order valence-electron chi connectivity index (χ0n) is 9.12. The molecule has 0 saturated heterocycles. The minimum atomic E-state index is 0.332. The van der Waals surface area contributed by atoms with Crippen LogP contribution in [-0.4, -0.2) is 15.2 Å². The number of aryl methyl sites for hydroxylation is 1. The molecule has 0 spiro atoms. The molecule has 5 nitrogen and oxygen atoms in total. The van der Waals surface area contributed by atoms with Gasteiger partial charge < -0.3 is 8.83 Å². The Kier molecular flexibility index (Phi) is 2.22. The molecular formula is C12H9N3O2. The molecule has 0 radical (unpaired) electrons. The summed E-state index contributed by atoms with van der Waals surface area (Å²) in [7, 11) is 0. The van der Waals surface area contributed by atoms with Crippen molar-refractivity contribution in [2.45, 2.75) is 6.92 Å². The number of rotatable bonds is 2. The van der Waals surface area contributed by atoms with Crippen LogP contribution in [0.15, 0.2) is 45.7 Å². The predicted molar refractivity (Wildman–Crippen MR) is 60.0 cm³/mol. The quantitative estimate of drug-likeness (QED) is 0.673. The van der Waals surface area contributed by atoms with Gasteiger partial charge in [-0.15, -0.1) is 10.2 Å². The number of oxazole rings is 1. The second kappa shape index (κ2) is 3.86. The van der Waals surface area contributed by atoms with E-state index >= 15 is 0 Å². The van der Waals surface area contributed by atoms with E-state index in [0.717, 1.165) is 5.56 Å². The minimum absolute atomic E-state index is 0.332. The van der Waals surface area contributed by atoms with Crippen LogP contribution in [-0.2, 0) is 0 Å². The Morgan fingerprint density at radius 2 is 1.76 bits per heavy atom. The largest absolute Gasteiger partial charge is 0.438 e. The van der Waals surface area contributed by atoms with Crippen molar-refractivity contribution in [3.63, 3.8) is 0 Å². The van der Waals surface area contributed by atoms with Gasteiger partial charge >= 0.3 is 0 Å². The molecule has 5 heteroatoms. The van der Waals surface area contributed by atoms with Crippen LogP contribution < -0.4 is 0 Å². The highest BCUT2D eigenvalue weighted by molar-refractivity contribution is 5.55. The van der Waals surface area contributed by atoms with Crippen molar-refractivity contribution in [1.29, 1.82) is 0 Å². The van der Waals surface area contributed by atoms with Crippen LogP contribution in [0.25, 0.3) is 23.1 Å². The first-order valence-electron chi connectivity index (χ1n) is 5.12. The van der Waals surface area contributed by atoms with E-state index in [0.29, 0.717) is 17.5 Å². The summed E-state index contributed by atoms with van der Waals surface area (Å²) >= 11 is 0. The Bertz CT molecular complexity index is 612. The smallest absolute Gasteiger partial charge is 0.285 e. The Morgan fingerprint density at radius 3 is 2.47 bits per heavy atom. The van der Waals surface area contributed by atoms with E-state index in [4.69, 9.17) is 8.83 Å². The van der Waals surface area contributed by atoms with Crippen LogP contribution in [0.2, 0.25) is 0 Å². The van der Waals surface area contributed by atoms with Crippen LogP contribution >= 0.6 is 0 Å². The molecule has 0 unspecified atom stereocenters. The highest BCUT2D eigenvalue weighted by atomic mass is 16.4. The van der Waals surface area contributed by atoms with Gasteiger partial charge in [-0.2, -0.15) is 0 Å². The molecule has 2 aromatic heterocycles. The lowest BCUT2D eigenvalue weighted by Crippen LogP contribution is -1.77. The second-order valence-corrected chi connectivity index (χ2v) is 3.64. The van der Waals surface area contributed by atoms with Crippen molar-refractivity contribution < 1.29 is 8.83 Å². The van der Waals surface area contributed by atoms with Gasteiger partial charge in [-0.3, -0.25) is 0 Å². The molecule has 0 aliphatic rings. The maximum atomic E-state index is 5.50. The fourth-order valence-corrected chi connectivity index (χ4v) is 1.46. The second-order valence-electron chi connectivity index (χ2n) is 3.64. The fraction of sp³-hybridized carbons (Fsp3) is 0.0833. The highest BCUT2D eigenvalue weighted by Gasteiger charge is 2.12. The molecule has 0 aliphatic heterocycles. The summed E-state index contributed by atoms with van der Waals surface area (Å²) in [5.41, 5.74) is 2.07. The van der Waals surface area contributed by atoms with Crippen molar-refractivity contribution in [3.8, 4) is 23.1 Å². The molecule has 0 fully saturated rings. The molecule has 17 heavy (non-hydrogen) atoms. The van der Waals surface area contributed by atoms with Crippen LogP contribution in [0.5, 0.6) is 0 Å². The van der Waals surface area contributed by atoms with Crippen molar-refractivity contribution >= 4 is 0 Å². The lowest BCUT2D eigenvalue weighted by Gasteiger charge is -1.94. The van der Waals surface area contributed by atoms with Gasteiger partial charge in [0.05, 0.1) is 6.20 Å². The monoisotopic (exact) mass is 227 g/mol. The number of benzene rings is 1. The minimum Gasteiger partial charge on any atom is -0.438 e. The zero-order chi connectivity index (χ0) is 11.7. The van der Waals surface area contributed by atoms with E-state index in [2.05, 4.69) is 15.2 Å². The summed E-state index contributed by atoms with van der Waals surface area (Å²) in [5, 5.41) is 7.87. The van der Waals surface area contributed by atoms with Gasteiger partial charge in [0.15, 0.2) is 6.39 Å². The highest BCUT2D eigenvalue weighted by Crippen LogP contribution is 2.23. The van der Waals surface area contributed by atoms with Gasteiger partial charge in [0.25, 0.3) is 5.89 Å². The standard InChI is InChI=1S/C12H9N3O2/c1-8-2-4-9(5-3-8)11-14-15-12(17-11)10-6-13-7-16-10/h2-7H,1H3. The first-order valence-corrected chi connectivity index (χ1v) is 5.12. The first-order chi connectivity index (χ1) is 8.33. The van der Waals surface area contributed by atoms with Crippen molar-refractivity contribution in [3.05, 3.63) is 42.4 Å². The van der Waals surface area contributed by atoms with Gasteiger partial charge in [-0.05, 0) is 19.1 Å². The summed E-state index contributed by atoms with van der Waals surface area (Å²) in [5.74, 6) is 1.27. The zero-order valence-corrected chi connectivity index (χ0v) is 9.12. The summed E-state index contributed by atoms with van der Waals surface area (Å²) in [6.45, 7) is 2.03. The summed E-state index contributed by atoms with van der Waals surface area (Å²) in [6, 6.07) is 7.86. The van der Waals surface area contributed by atoms with Gasteiger partial charge in [-0.1, -0.05) is 17.7 Å². The van der Waals surface area contributed by atoms with E-state index in [-0.39, 0.29) is 0 Å². The van der Waals surface area contributed by atoms with Crippen molar-refractivity contribution in [1.82, 2.24) is 15.2 Å². The van der Waals surface area contributed by atoms with Gasteiger partial charge in [-0.25, -0.2) is 4.98 Å². The predicted octanol–water partition coefficient (Wildman–Crippen LogP) is 2.70. The number of aromatic nitrogens is 3. The first kappa shape index (κ1) is 9.77. The topological polar surface area (TPSA) is 65.0 Å². The molecule has 0 bridgehead atoms. The molecule has 84 valence electrons. The van der Waals surface area contributed by atoms with Crippen LogP contribution in [0.4, 0.5) is 0 Å². The summed E-state index contributed by atoms with van der Waals surface area (Å²) in [4.78, 5) is 3.80. The van der Waals surface area contributed by atoms with Crippen molar-refractivity contribution in [2.75, 3.05) is 0 Å². The summed E-state index contributed by atoms with van der Waals surface area (Å²) < 4.78 is 10.6. The van der Waals surface area contributed by atoms with E-state index in [1.165, 1.54) is 18.2 Å². The maximum absolute atomic E-state index is 5.50. The molecule has 0 N–H and O–H groups in total. The van der Waals surface area contributed by atoms with Crippen molar-refractivity contribution in [2.24, 2.45) is 0 Å². The van der Waals surface area contributed by atoms with E-state index in [1.54, 1.807) is 0 Å². The van der Waals surface area contributed by atoms with Crippen LogP contribution in [0, 0.1) is 6.92 Å². The lowest BCUT2D eigenvalue weighted by atomic mass is 10.1.